The van der Waals surface area contributed by atoms with E-state index in [1.165, 1.54) is 43.2 Å². The standard InChI is InChI=1S/C27H33BrN2O/c1-30(2,26-9-4-3-5-10-26)19-20-11-15-25(16-12-20)29-27(31)22-8-6-7-21-13-14-24(28)18-23(21)17-22/h11-18,26H,3-10,19H2,1-2H3. The molecule has 0 unspecified atom stereocenters. The summed E-state index contributed by atoms with van der Waals surface area (Å²) in [6, 6.07) is 15.3. The lowest BCUT2D eigenvalue weighted by Gasteiger charge is -2.40. The summed E-state index contributed by atoms with van der Waals surface area (Å²) in [5, 5.41) is 12.9. The maximum Gasteiger partial charge on any atom is 0.104 e. The summed E-state index contributed by atoms with van der Waals surface area (Å²) < 4.78 is 2.08. The zero-order valence-electron chi connectivity index (χ0n) is 18.7. The zero-order chi connectivity index (χ0) is 21.8. The lowest BCUT2D eigenvalue weighted by atomic mass is 9.92. The number of hydrogen-bond donors (Lipinski definition) is 0. The summed E-state index contributed by atoms with van der Waals surface area (Å²) in [5.74, 6) is -0.112. The molecule has 31 heavy (non-hydrogen) atoms. The molecule has 0 aliphatic heterocycles. The quantitative estimate of drug-likeness (QED) is 0.286. The molecular formula is C27H33BrN2O. The molecule has 0 aromatic heterocycles. The number of quaternary nitrogens is 1. The van der Waals surface area contributed by atoms with Crippen LogP contribution in [0.5, 0.6) is 0 Å². The lowest BCUT2D eigenvalue weighted by molar-refractivity contribution is -0.929. The lowest BCUT2D eigenvalue weighted by Crippen LogP contribution is -2.48. The molecular weight excluding hydrogens is 448 g/mol. The molecule has 0 saturated heterocycles. The van der Waals surface area contributed by atoms with E-state index in [1.807, 2.05) is 18.2 Å². The second kappa shape index (κ2) is 9.70. The second-order valence-corrected chi connectivity index (χ2v) is 10.6. The van der Waals surface area contributed by atoms with E-state index < -0.39 is 0 Å². The van der Waals surface area contributed by atoms with Crippen LogP contribution in [0.3, 0.4) is 0 Å². The summed E-state index contributed by atoms with van der Waals surface area (Å²) in [7, 11) is 4.71. The van der Waals surface area contributed by atoms with Crippen LogP contribution >= 0.6 is 15.9 Å². The van der Waals surface area contributed by atoms with E-state index >= 15 is 0 Å². The van der Waals surface area contributed by atoms with Crippen LogP contribution in [-0.2, 0) is 13.0 Å². The third kappa shape index (κ3) is 5.67. The van der Waals surface area contributed by atoms with Crippen LogP contribution in [0.25, 0.3) is 6.08 Å². The van der Waals surface area contributed by atoms with Gasteiger partial charge in [0.2, 0.25) is 0 Å². The molecule has 0 radical (unpaired) electrons. The van der Waals surface area contributed by atoms with Gasteiger partial charge in [-0.1, -0.05) is 46.6 Å². The molecule has 164 valence electrons. The molecule has 2 aliphatic carbocycles. The van der Waals surface area contributed by atoms with Crippen molar-refractivity contribution in [3.05, 3.63) is 69.2 Å². The van der Waals surface area contributed by atoms with Gasteiger partial charge in [0, 0.05) is 10.0 Å². The average Bonchev–Trinajstić information content (AvgIpc) is 2.97. The van der Waals surface area contributed by atoms with E-state index in [9.17, 15) is 5.11 Å². The molecule has 0 atom stereocenters. The highest BCUT2D eigenvalue weighted by molar-refractivity contribution is 9.10. The highest BCUT2D eigenvalue weighted by atomic mass is 79.9. The van der Waals surface area contributed by atoms with Crippen molar-refractivity contribution in [1.29, 1.82) is 0 Å². The van der Waals surface area contributed by atoms with Crippen LogP contribution in [0.2, 0.25) is 0 Å². The van der Waals surface area contributed by atoms with Crippen molar-refractivity contribution in [2.75, 3.05) is 14.1 Å². The SMILES string of the molecule is C[N+](C)(Cc1ccc(N=C([O-])C2=Cc3cc(Br)ccc3CCC2)cc1)C1CCCCC1. The first kappa shape index (κ1) is 22.3. The number of nitrogens with zero attached hydrogens (tertiary/aromatic N) is 2. The fourth-order valence-corrected chi connectivity index (χ4v) is 5.45. The molecule has 1 saturated carbocycles. The molecule has 1 fully saturated rings. The second-order valence-electron chi connectivity index (χ2n) is 9.68. The number of fused-ring (bicyclic) bond motifs is 1. The van der Waals surface area contributed by atoms with Gasteiger partial charge in [0.05, 0.1) is 25.8 Å². The number of benzene rings is 2. The van der Waals surface area contributed by atoms with Gasteiger partial charge in [0.1, 0.15) is 6.54 Å². The molecule has 4 heteroatoms. The largest absolute Gasteiger partial charge is 0.858 e. The third-order valence-corrected chi connectivity index (χ3v) is 7.42. The first-order chi connectivity index (χ1) is 14.9. The molecule has 0 spiro atoms. The van der Waals surface area contributed by atoms with Gasteiger partial charge < -0.3 is 9.59 Å². The molecule has 0 heterocycles. The van der Waals surface area contributed by atoms with Crippen molar-refractivity contribution in [3.63, 3.8) is 0 Å². The molecule has 0 bridgehead atoms. The van der Waals surface area contributed by atoms with Gasteiger partial charge in [-0.2, -0.15) is 0 Å². The highest BCUT2D eigenvalue weighted by Crippen LogP contribution is 2.29. The van der Waals surface area contributed by atoms with Crippen molar-refractivity contribution in [3.8, 4) is 0 Å². The van der Waals surface area contributed by atoms with Crippen LogP contribution in [0, 0.1) is 0 Å². The Hall–Kier alpha value is -1.91. The fraction of sp³-hybridized carbons (Fsp3) is 0.444. The molecule has 2 aromatic carbocycles. The minimum absolute atomic E-state index is 0.112. The Kier molecular flexibility index (Phi) is 6.98. The van der Waals surface area contributed by atoms with Gasteiger partial charge in [-0.3, -0.25) is 4.99 Å². The predicted octanol–water partition coefficient (Wildman–Crippen LogP) is 6.17. The van der Waals surface area contributed by atoms with E-state index in [0.29, 0.717) is 0 Å². The van der Waals surface area contributed by atoms with Gasteiger partial charge in [0.25, 0.3) is 0 Å². The predicted molar refractivity (Wildman–Crippen MR) is 131 cm³/mol. The summed E-state index contributed by atoms with van der Waals surface area (Å²) in [6.45, 7) is 1.02. The number of rotatable bonds is 5. The molecule has 4 rings (SSSR count). The summed E-state index contributed by atoms with van der Waals surface area (Å²) in [4.78, 5) is 4.42. The third-order valence-electron chi connectivity index (χ3n) is 6.92. The number of hydrogen-bond acceptors (Lipinski definition) is 2. The maximum absolute atomic E-state index is 12.9. The average molecular weight is 481 g/mol. The smallest absolute Gasteiger partial charge is 0.104 e. The van der Waals surface area contributed by atoms with Gasteiger partial charge in [-0.15, -0.1) is 0 Å². The van der Waals surface area contributed by atoms with Crippen LogP contribution < -0.4 is 5.11 Å². The molecule has 2 aromatic rings. The summed E-state index contributed by atoms with van der Waals surface area (Å²) in [6.07, 6.45) is 11.6. The summed E-state index contributed by atoms with van der Waals surface area (Å²) in [5.41, 5.74) is 5.29. The summed E-state index contributed by atoms with van der Waals surface area (Å²) >= 11 is 3.54. The first-order valence-electron chi connectivity index (χ1n) is 11.6. The minimum Gasteiger partial charge on any atom is -0.858 e. The first-order valence-corrected chi connectivity index (χ1v) is 12.4. The van der Waals surface area contributed by atoms with Crippen molar-refractivity contribution in [1.82, 2.24) is 0 Å². The van der Waals surface area contributed by atoms with Crippen LogP contribution in [0.15, 0.2) is 57.5 Å². The van der Waals surface area contributed by atoms with E-state index in [2.05, 4.69) is 65.3 Å². The highest BCUT2D eigenvalue weighted by Gasteiger charge is 2.29. The van der Waals surface area contributed by atoms with E-state index in [1.54, 1.807) is 0 Å². The van der Waals surface area contributed by atoms with Crippen molar-refractivity contribution in [2.45, 2.75) is 64.0 Å². The van der Waals surface area contributed by atoms with E-state index in [0.717, 1.165) is 57.6 Å². The molecule has 0 N–H and O–H groups in total. The normalized spacial score (nSPS) is 18.3. The Balaban J connectivity index is 1.47. The Morgan fingerprint density at radius 2 is 1.74 bits per heavy atom. The number of aryl methyl sites for hydroxylation is 1. The minimum atomic E-state index is -0.112. The Bertz CT molecular complexity index is 969. The van der Waals surface area contributed by atoms with Crippen LogP contribution in [0.1, 0.15) is 61.6 Å². The van der Waals surface area contributed by atoms with Crippen molar-refractivity contribution < 1.29 is 9.59 Å². The van der Waals surface area contributed by atoms with Crippen molar-refractivity contribution in [2.24, 2.45) is 4.99 Å². The van der Waals surface area contributed by atoms with Gasteiger partial charge in [-0.05, 0) is 91.8 Å². The zero-order valence-corrected chi connectivity index (χ0v) is 20.3. The van der Waals surface area contributed by atoms with Crippen LogP contribution in [0.4, 0.5) is 5.69 Å². The topological polar surface area (TPSA) is 35.4 Å². The van der Waals surface area contributed by atoms with Gasteiger partial charge in [-0.25, -0.2) is 0 Å². The van der Waals surface area contributed by atoms with E-state index in [4.69, 9.17) is 0 Å². The number of halogens is 1. The molecule has 3 nitrogen and oxygen atoms in total. The monoisotopic (exact) mass is 480 g/mol. The van der Waals surface area contributed by atoms with E-state index in [-0.39, 0.29) is 5.90 Å². The fourth-order valence-electron chi connectivity index (χ4n) is 5.07. The van der Waals surface area contributed by atoms with Gasteiger partial charge in [0.15, 0.2) is 0 Å². The number of aliphatic imine (C=N–C) groups is 1. The Morgan fingerprint density at radius 3 is 2.48 bits per heavy atom. The van der Waals surface area contributed by atoms with Crippen molar-refractivity contribution >= 4 is 33.6 Å². The Labute approximate surface area is 195 Å². The van der Waals surface area contributed by atoms with Crippen LogP contribution in [-0.4, -0.2) is 30.5 Å². The Morgan fingerprint density at radius 1 is 1.00 bits per heavy atom. The molecule has 0 amide bonds. The maximum atomic E-state index is 12.9. The van der Waals surface area contributed by atoms with Gasteiger partial charge >= 0.3 is 0 Å². The molecule has 2 aliphatic rings.